The first-order valence-corrected chi connectivity index (χ1v) is 8.57. The quantitative estimate of drug-likeness (QED) is 0.547. The number of unbranched alkanes of at least 4 members (excludes halogenated alkanes) is 1. The second-order valence-corrected chi connectivity index (χ2v) is 7.88. The van der Waals surface area contributed by atoms with Crippen LogP contribution in [-0.2, 0) is 8.87 Å². The maximum Gasteiger partial charge on any atom is 0.208 e. The van der Waals surface area contributed by atoms with Gasteiger partial charge in [-0.05, 0) is 20.3 Å². The van der Waals surface area contributed by atoms with Crippen LogP contribution in [0.2, 0.25) is 0 Å². The van der Waals surface area contributed by atoms with E-state index in [1.165, 1.54) is 0 Å². The Balaban J connectivity index is 4.26. The molecule has 0 aromatic carbocycles. The molecule has 0 radical (unpaired) electrons. The first-order valence-electron chi connectivity index (χ1n) is 5.17. The minimum absolute atomic E-state index is 0.218. The first-order chi connectivity index (χ1) is 6.96. The predicted molar refractivity (Wildman–Crippen MR) is 71.8 cm³/mol. The van der Waals surface area contributed by atoms with Gasteiger partial charge in [0.2, 0.25) is 8.87 Å². The van der Waals surface area contributed by atoms with Crippen molar-refractivity contribution in [3.8, 4) is 0 Å². The van der Waals surface area contributed by atoms with Crippen molar-refractivity contribution >= 4 is 36.2 Å². The van der Waals surface area contributed by atoms with Gasteiger partial charge in [-0.15, -0.1) is 0 Å². The molecule has 0 heterocycles. The summed E-state index contributed by atoms with van der Waals surface area (Å²) in [6, 6.07) is 0. The zero-order valence-corrected chi connectivity index (χ0v) is 12.0. The highest BCUT2D eigenvalue weighted by Crippen LogP contribution is 2.19. The van der Waals surface area contributed by atoms with Gasteiger partial charge in [0.05, 0.1) is 5.75 Å². The summed E-state index contributed by atoms with van der Waals surface area (Å²) in [6.45, 7) is 7.42. The van der Waals surface area contributed by atoms with Crippen LogP contribution in [0.1, 0.15) is 33.6 Å². The van der Waals surface area contributed by atoms with Crippen LogP contribution in [0.4, 0.5) is 0 Å². The molecule has 0 amide bonds. The van der Waals surface area contributed by atoms with Crippen LogP contribution in [0.25, 0.3) is 0 Å². The van der Waals surface area contributed by atoms with Crippen molar-refractivity contribution in [3.05, 3.63) is 0 Å². The van der Waals surface area contributed by atoms with Crippen LogP contribution in [0.5, 0.6) is 0 Å². The van der Waals surface area contributed by atoms with Crippen LogP contribution in [0.15, 0.2) is 0 Å². The lowest BCUT2D eigenvalue weighted by atomic mass is 10.4. The first kappa shape index (κ1) is 15.2. The highest BCUT2D eigenvalue weighted by molar-refractivity contribution is 8.79. The topological polar surface area (TPSA) is 37.4 Å². The molecule has 0 aliphatic carbocycles. The molecule has 6 heteroatoms. The van der Waals surface area contributed by atoms with Crippen LogP contribution < -0.4 is 0 Å². The summed E-state index contributed by atoms with van der Waals surface area (Å²) in [6.07, 6.45) is 1.59. The Kier molecular flexibility index (Phi) is 7.56. The average molecular weight is 269 g/mol. The Bertz CT molecular complexity index is 284. The summed E-state index contributed by atoms with van der Waals surface area (Å²) in [5.41, 5.74) is 0. The van der Waals surface area contributed by atoms with Gasteiger partial charge in [-0.25, -0.2) is 8.42 Å². The van der Waals surface area contributed by atoms with Crippen LogP contribution in [0.3, 0.4) is 0 Å². The molecule has 0 aliphatic heterocycles. The van der Waals surface area contributed by atoms with E-state index in [2.05, 4.69) is 0 Å². The van der Waals surface area contributed by atoms with Crippen molar-refractivity contribution in [2.45, 2.75) is 33.6 Å². The Morgan fingerprint density at radius 1 is 1.27 bits per heavy atom. The molecule has 0 unspecified atom stereocenters. The number of thiocarbonyl (C=S) groups is 1. The summed E-state index contributed by atoms with van der Waals surface area (Å²) in [7, 11) is -2.25. The van der Waals surface area contributed by atoms with Gasteiger partial charge >= 0.3 is 0 Å². The second-order valence-electron chi connectivity index (χ2n) is 3.14. The van der Waals surface area contributed by atoms with Crippen molar-refractivity contribution in [1.82, 2.24) is 4.90 Å². The Morgan fingerprint density at radius 2 is 1.80 bits per heavy atom. The van der Waals surface area contributed by atoms with E-state index in [4.69, 9.17) is 12.2 Å². The van der Waals surface area contributed by atoms with E-state index >= 15 is 0 Å². The van der Waals surface area contributed by atoms with Gasteiger partial charge in [-0.3, -0.25) is 0 Å². The fraction of sp³-hybridized carbons (Fsp3) is 0.889. The summed E-state index contributed by atoms with van der Waals surface area (Å²) in [4.78, 5) is 1.88. The largest absolute Gasteiger partial charge is 0.357 e. The normalized spacial score (nSPS) is 11.4. The second kappa shape index (κ2) is 7.46. The van der Waals surface area contributed by atoms with E-state index < -0.39 is 8.87 Å². The lowest BCUT2D eigenvalue weighted by Crippen LogP contribution is -2.27. The average Bonchev–Trinajstić information content (AvgIpc) is 2.16. The van der Waals surface area contributed by atoms with Crippen molar-refractivity contribution in [2.24, 2.45) is 0 Å². The van der Waals surface area contributed by atoms with Gasteiger partial charge in [0.1, 0.15) is 0 Å². The van der Waals surface area contributed by atoms with E-state index in [1.54, 1.807) is 0 Å². The van der Waals surface area contributed by atoms with E-state index in [9.17, 15) is 8.42 Å². The maximum absolute atomic E-state index is 11.6. The Hall–Kier alpha value is 0.190. The lowest BCUT2D eigenvalue weighted by molar-refractivity contribution is 0.482. The monoisotopic (exact) mass is 269 g/mol. The third-order valence-corrected chi connectivity index (χ3v) is 5.97. The minimum atomic E-state index is -3.07. The molecule has 0 saturated carbocycles. The van der Waals surface area contributed by atoms with Crippen molar-refractivity contribution in [1.29, 1.82) is 0 Å². The van der Waals surface area contributed by atoms with E-state index in [0.29, 0.717) is 10.7 Å². The fourth-order valence-corrected chi connectivity index (χ4v) is 5.07. The van der Waals surface area contributed by atoms with Gasteiger partial charge < -0.3 is 4.90 Å². The van der Waals surface area contributed by atoms with Crippen LogP contribution >= 0.6 is 23.0 Å². The minimum Gasteiger partial charge on any atom is -0.357 e. The molecule has 3 nitrogen and oxygen atoms in total. The molecule has 0 N–H and O–H groups in total. The van der Waals surface area contributed by atoms with Gasteiger partial charge in [-0.1, -0.05) is 25.6 Å². The summed E-state index contributed by atoms with van der Waals surface area (Å²) in [5.74, 6) is 0.218. The number of nitrogens with zero attached hydrogens (tertiary/aromatic N) is 1. The highest BCUT2D eigenvalue weighted by Gasteiger charge is 2.17. The van der Waals surface area contributed by atoms with Gasteiger partial charge in [0, 0.05) is 23.9 Å². The van der Waals surface area contributed by atoms with Crippen molar-refractivity contribution < 1.29 is 8.42 Å². The molecule has 0 aromatic rings. The number of rotatable bonds is 6. The zero-order valence-electron chi connectivity index (χ0n) is 9.52. The summed E-state index contributed by atoms with van der Waals surface area (Å²) >= 11 is 5.08. The highest BCUT2D eigenvalue weighted by atomic mass is 33.1. The van der Waals surface area contributed by atoms with E-state index in [0.717, 1.165) is 30.3 Å². The summed E-state index contributed by atoms with van der Waals surface area (Å²) in [5, 5.41) is 0. The van der Waals surface area contributed by atoms with Crippen molar-refractivity contribution in [2.75, 3.05) is 18.8 Å². The lowest BCUT2D eigenvalue weighted by Gasteiger charge is -2.20. The zero-order chi connectivity index (χ0) is 11.9. The molecule has 0 rings (SSSR count). The molecule has 0 atom stereocenters. The molecule has 0 bridgehead atoms. The molecule has 0 saturated heterocycles. The SMILES string of the molecule is CCCCS(=O)(=O)SC(=S)N(CC)CC. The third kappa shape index (κ3) is 6.37. The van der Waals surface area contributed by atoms with Gasteiger partial charge in [-0.2, -0.15) is 0 Å². The van der Waals surface area contributed by atoms with Crippen molar-refractivity contribution in [3.63, 3.8) is 0 Å². The van der Waals surface area contributed by atoms with E-state index in [-0.39, 0.29) is 5.75 Å². The maximum atomic E-state index is 11.6. The smallest absolute Gasteiger partial charge is 0.208 e. The van der Waals surface area contributed by atoms with Crippen LogP contribution in [-0.4, -0.2) is 36.5 Å². The van der Waals surface area contributed by atoms with Crippen LogP contribution in [0, 0.1) is 0 Å². The van der Waals surface area contributed by atoms with E-state index in [1.807, 2.05) is 25.7 Å². The molecule has 0 spiro atoms. The Morgan fingerprint density at radius 3 is 2.20 bits per heavy atom. The molecule has 15 heavy (non-hydrogen) atoms. The Labute approximate surface area is 102 Å². The molecule has 90 valence electrons. The fourth-order valence-electron chi connectivity index (χ4n) is 1.01. The number of hydrogen-bond donors (Lipinski definition) is 0. The van der Waals surface area contributed by atoms with Gasteiger partial charge in [0.15, 0.2) is 4.32 Å². The molecule has 0 aromatic heterocycles. The predicted octanol–water partition coefficient (Wildman–Crippen LogP) is 2.48. The molecule has 0 aliphatic rings. The molecular weight excluding hydrogens is 250 g/mol. The summed E-state index contributed by atoms with van der Waals surface area (Å²) < 4.78 is 23.6. The molecule has 0 fully saturated rings. The molecular formula is C9H19NO2S3. The third-order valence-electron chi connectivity index (χ3n) is 1.97. The van der Waals surface area contributed by atoms with Gasteiger partial charge in [0.25, 0.3) is 0 Å². The number of hydrogen-bond acceptors (Lipinski definition) is 4. The standard InChI is InChI=1S/C9H19NO2S3/c1-4-7-8-15(11,12)14-9(13)10(5-2)6-3/h4-8H2,1-3H3.